The fraction of sp³-hybridized carbons (Fsp3) is 0.300. The lowest BCUT2D eigenvalue weighted by atomic mass is 10.0. The Morgan fingerprint density at radius 2 is 2.00 bits per heavy atom. The molecule has 0 saturated carbocycles. The normalized spacial score (nSPS) is 11.4. The van der Waals surface area contributed by atoms with Gasteiger partial charge in [0.05, 0.1) is 5.56 Å². The molecule has 0 saturated heterocycles. The molecule has 0 amide bonds. The van der Waals surface area contributed by atoms with Gasteiger partial charge in [-0.05, 0) is 29.7 Å². The lowest BCUT2D eigenvalue weighted by Crippen LogP contribution is -2.06. The van der Waals surface area contributed by atoms with Crippen molar-refractivity contribution in [3.8, 4) is 0 Å². The van der Waals surface area contributed by atoms with Crippen molar-refractivity contribution >= 4 is 6.21 Å². The molecule has 0 heterocycles. The summed E-state index contributed by atoms with van der Waals surface area (Å²) in [6.07, 6.45) is -2.74. The van der Waals surface area contributed by atoms with E-state index in [1.165, 1.54) is 6.07 Å². The topological polar surface area (TPSA) is 23.9 Å². The van der Waals surface area contributed by atoms with E-state index in [1.54, 1.807) is 6.92 Å². The van der Waals surface area contributed by atoms with Crippen LogP contribution in [0.3, 0.4) is 0 Å². The molecule has 14 heavy (non-hydrogen) atoms. The number of hydrogen-bond acceptors (Lipinski definition) is 1. The van der Waals surface area contributed by atoms with Crippen molar-refractivity contribution in [1.29, 1.82) is 5.41 Å². The Hall–Kier alpha value is -1.32. The van der Waals surface area contributed by atoms with Crippen molar-refractivity contribution in [2.45, 2.75) is 19.5 Å². The average Bonchev–Trinajstić information content (AvgIpc) is 2.15. The molecule has 0 bridgehead atoms. The maximum absolute atomic E-state index is 12.3. The highest BCUT2D eigenvalue weighted by Gasteiger charge is 2.30. The molecule has 0 unspecified atom stereocenters. The van der Waals surface area contributed by atoms with Gasteiger partial charge >= 0.3 is 6.18 Å². The minimum Gasteiger partial charge on any atom is -0.308 e. The molecule has 1 aromatic rings. The molecule has 0 aliphatic carbocycles. The number of hydrogen-bond donors (Lipinski definition) is 1. The zero-order chi connectivity index (χ0) is 10.8. The summed E-state index contributed by atoms with van der Waals surface area (Å²) in [4.78, 5) is 0. The summed E-state index contributed by atoms with van der Waals surface area (Å²) in [6.45, 7) is 1.77. The smallest absolute Gasteiger partial charge is 0.308 e. The number of aryl methyl sites for hydroxylation is 1. The van der Waals surface area contributed by atoms with E-state index in [9.17, 15) is 13.2 Å². The molecule has 0 aliphatic rings. The summed E-state index contributed by atoms with van der Waals surface area (Å²) in [5.74, 6) is 0. The predicted octanol–water partition coefficient (Wildman–Crippen LogP) is 3.27. The van der Waals surface area contributed by atoms with Crippen LogP contribution < -0.4 is 0 Å². The molecule has 0 aliphatic heterocycles. The van der Waals surface area contributed by atoms with Crippen molar-refractivity contribution in [2.24, 2.45) is 0 Å². The maximum Gasteiger partial charge on any atom is 0.416 e. The van der Waals surface area contributed by atoms with Crippen LogP contribution >= 0.6 is 0 Å². The first-order valence-corrected chi connectivity index (χ1v) is 4.19. The second-order valence-electron chi connectivity index (χ2n) is 2.91. The van der Waals surface area contributed by atoms with Crippen LogP contribution in [-0.2, 0) is 12.6 Å². The SMILES string of the molecule is CCc1cc(C(F)(F)F)ccc1C=N. The summed E-state index contributed by atoms with van der Waals surface area (Å²) < 4.78 is 36.8. The average molecular weight is 201 g/mol. The minimum atomic E-state index is -4.30. The Morgan fingerprint density at radius 1 is 1.36 bits per heavy atom. The van der Waals surface area contributed by atoms with Crippen LogP contribution in [0.15, 0.2) is 18.2 Å². The Morgan fingerprint density at radius 3 is 2.43 bits per heavy atom. The van der Waals surface area contributed by atoms with Gasteiger partial charge in [-0.1, -0.05) is 13.0 Å². The second-order valence-corrected chi connectivity index (χ2v) is 2.91. The second kappa shape index (κ2) is 3.82. The van der Waals surface area contributed by atoms with Gasteiger partial charge in [-0.3, -0.25) is 0 Å². The first-order chi connectivity index (χ1) is 6.49. The van der Waals surface area contributed by atoms with E-state index in [0.29, 0.717) is 17.5 Å². The standard InChI is InChI=1S/C10H10F3N/c1-2-7-5-9(10(11,12)13)4-3-8(7)6-14/h3-6,14H,2H2,1H3. The largest absolute Gasteiger partial charge is 0.416 e. The zero-order valence-electron chi connectivity index (χ0n) is 7.65. The monoisotopic (exact) mass is 201 g/mol. The number of rotatable bonds is 2. The summed E-state index contributed by atoms with van der Waals surface area (Å²) in [6, 6.07) is 3.43. The predicted molar refractivity (Wildman–Crippen MR) is 48.7 cm³/mol. The highest BCUT2D eigenvalue weighted by molar-refractivity contribution is 5.79. The number of benzene rings is 1. The lowest BCUT2D eigenvalue weighted by Gasteiger charge is -2.09. The highest BCUT2D eigenvalue weighted by atomic mass is 19.4. The van der Waals surface area contributed by atoms with Crippen LogP contribution in [0.4, 0.5) is 13.2 Å². The van der Waals surface area contributed by atoms with Crippen molar-refractivity contribution in [1.82, 2.24) is 0 Å². The van der Waals surface area contributed by atoms with Crippen molar-refractivity contribution in [2.75, 3.05) is 0 Å². The van der Waals surface area contributed by atoms with Crippen LogP contribution in [0.5, 0.6) is 0 Å². The molecular formula is C10H10F3N. The third-order valence-corrected chi connectivity index (χ3v) is 2.01. The van der Waals surface area contributed by atoms with Crippen LogP contribution in [0.2, 0.25) is 0 Å². The summed E-state index contributed by atoms with van der Waals surface area (Å²) in [5.41, 5.74) is 0.440. The molecule has 0 radical (unpaired) electrons. The number of alkyl halides is 3. The van der Waals surface area contributed by atoms with E-state index >= 15 is 0 Å². The van der Waals surface area contributed by atoms with Crippen LogP contribution in [-0.4, -0.2) is 6.21 Å². The Balaban J connectivity index is 3.21. The Labute approximate surface area is 80.1 Å². The molecule has 1 aromatic carbocycles. The van der Waals surface area contributed by atoms with Crippen molar-refractivity contribution < 1.29 is 13.2 Å². The van der Waals surface area contributed by atoms with Gasteiger partial charge in [0.25, 0.3) is 0 Å². The molecule has 1 rings (SSSR count). The Kier molecular flexibility index (Phi) is 2.93. The zero-order valence-corrected chi connectivity index (χ0v) is 7.65. The third kappa shape index (κ3) is 2.13. The first kappa shape index (κ1) is 10.8. The minimum absolute atomic E-state index is 0.495. The van der Waals surface area contributed by atoms with E-state index in [1.807, 2.05) is 0 Å². The molecule has 1 N–H and O–H groups in total. The van der Waals surface area contributed by atoms with E-state index in [-0.39, 0.29) is 0 Å². The molecule has 0 fully saturated rings. The molecular weight excluding hydrogens is 191 g/mol. The maximum atomic E-state index is 12.3. The molecule has 0 aromatic heterocycles. The Bertz CT molecular complexity index is 342. The van der Waals surface area contributed by atoms with Gasteiger partial charge in [0.1, 0.15) is 0 Å². The number of halogens is 3. The van der Waals surface area contributed by atoms with Crippen LogP contribution in [0.1, 0.15) is 23.6 Å². The van der Waals surface area contributed by atoms with E-state index < -0.39 is 11.7 Å². The van der Waals surface area contributed by atoms with Gasteiger partial charge in [-0.2, -0.15) is 13.2 Å². The summed E-state index contributed by atoms with van der Waals surface area (Å²) in [7, 11) is 0. The third-order valence-electron chi connectivity index (χ3n) is 2.01. The van der Waals surface area contributed by atoms with E-state index in [2.05, 4.69) is 0 Å². The highest BCUT2D eigenvalue weighted by Crippen LogP contribution is 2.30. The van der Waals surface area contributed by atoms with Gasteiger partial charge in [0.15, 0.2) is 0 Å². The molecule has 0 atom stereocenters. The quantitative estimate of drug-likeness (QED) is 0.710. The van der Waals surface area contributed by atoms with Crippen LogP contribution in [0.25, 0.3) is 0 Å². The summed E-state index contributed by atoms with van der Waals surface area (Å²) >= 11 is 0. The number of nitrogens with one attached hydrogen (secondary N) is 1. The van der Waals surface area contributed by atoms with Crippen molar-refractivity contribution in [3.05, 3.63) is 34.9 Å². The van der Waals surface area contributed by atoms with Gasteiger partial charge in [-0.15, -0.1) is 0 Å². The molecule has 76 valence electrons. The van der Waals surface area contributed by atoms with Gasteiger partial charge < -0.3 is 5.41 Å². The lowest BCUT2D eigenvalue weighted by molar-refractivity contribution is -0.137. The van der Waals surface area contributed by atoms with Gasteiger partial charge in [0.2, 0.25) is 0 Å². The fourth-order valence-corrected chi connectivity index (χ4v) is 1.23. The van der Waals surface area contributed by atoms with Gasteiger partial charge in [-0.25, -0.2) is 0 Å². The fourth-order valence-electron chi connectivity index (χ4n) is 1.23. The van der Waals surface area contributed by atoms with Crippen LogP contribution in [0, 0.1) is 5.41 Å². The summed E-state index contributed by atoms with van der Waals surface area (Å²) in [5, 5.41) is 7.01. The molecule has 4 heteroatoms. The van der Waals surface area contributed by atoms with E-state index in [0.717, 1.165) is 18.3 Å². The molecule has 0 spiro atoms. The van der Waals surface area contributed by atoms with E-state index in [4.69, 9.17) is 5.41 Å². The first-order valence-electron chi connectivity index (χ1n) is 4.19. The molecule has 1 nitrogen and oxygen atoms in total. The van der Waals surface area contributed by atoms with Gasteiger partial charge in [0, 0.05) is 6.21 Å². The van der Waals surface area contributed by atoms with Crippen molar-refractivity contribution in [3.63, 3.8) is 0 Å².